The SMILES string of the molecule is C=CC(=O)N1CCC(Oc2cnc3[nH]cc(C(=O)N[C@@H](C(C)C)C(O)C(F)(F)F)c3n2)CC1. The van der Waals surface area contributed by atoms with Crippen LogP contribution in [0.15, 0.2) is 25.0 Å². The number of hydrogen-bond acceptors (Lipinski definition) is 6. The fourth-order valence-electron chi connectivity index (χ4n) is 3.64. The van der Waals surface area contributed by atoms with Gasteiger partial charge in [0, 0.05) is 32.1 Å². The zero-order valence-corrected chi connectivity index (χ0v) is 18.2. The molecule has 0 saturated carbocycles. The van der Waals surface area contributed by atoms with Crippen molar-refractivity contribution >= 4 is 23.0 Å². The van der Waals surface area contributed by atoms with Gasteiger partial charge in [-0.2, -0.15) is 13.2 Å². The summed E-state index contributed by atoms with van der Waals surface area (Å²) in [5.74, 6) is -1.50. The van der Waals surface area contributed by atoms with E-state index in [0.717, 1.165) is 0 Å². The first-order valence-electron chi connectivity index (χ1n) is 10.5. The minimum absolute atomic E-state index is 0.0191. The van der Waals surface area contributed by atoms with Crippen LogP contribution in [0.25, 0.3) is 11.2 Å². The van der Waals surface area contributed by atoms with E-state index >= 15 is 0 Å². The van der Waals surface area contributed by atoms with Crippen molar-refractivity contribution in [2.45, 2.75) is 51.1 Å². The Hall–Kier alpha value is -3.15. The van der Waals surface area contributed by atoms with Crippen molar-refractivity contribution < 1.29 is 32.6 Å². The summed E-state index contributed by atoms with van der Waals surface area (Å²) in [5.41, 5.74) is 0.374. The number of ether oxygens (including phenoxy) is 1. The van der Waals surface area contributed by atoms with Crippen LogP contribution in [0.1, 0.15) is 37.0 Å². The molecule has 3 heterocycles. The number of hydrogen-bond donors (Lipinski definition) is 3. The van der Waals surface area contributed by atoms with Gasteiger partial charge in [0.05, 0.1) is 17.8 Å². The van der Waals surface area contributed by atoms with Gasteiger partial charge in [-0.1, -0.05) is 20.4 Å². The van der Waals surface area contributed by atoms with E-state index in [1.54, 1.807) is 4.90 Å². The second-order valence-electron chi connectivity index (χ2n) is 8.18. The number of carbonyl (C=O) groups excluding carboxylic acids is 2. The molecule has 0 radical (unpaired) electrons. The number of piperidine rings is 1. The van der Waals surface area contributed by atoms with Crippen LogP contribution in [0.4, 0.5) is 13.2 Å². The Morgan fingerprint density at radius 3 is 2.61 bits per heavy atom. The van der Waals surface area contributed by atoms with Gasteiger partial charge in [0.15, 0.2) is 11.8 Å². The molecule has 2 amide bonds. The van der Waals surface area contributed by atoms with Crippen molar-refractivity contribution in [2.75, 3.05) is 13.1 Å². The molecule has 0 aromatic carbocycles. The summed E-state index contributed by atoms with van der Waals surface area (Å²) in [5, 5.41) is 11.9. The Kier molecular flexibility index (Phi) is 7.25. The summed E-state index contributed by atoms with van der Waals surface area (Å²) in [6, 6.07) is -1.54. The molecule has 1 unspecified atom stereocenters. The topological polar surface area (TPSA) is 120 Å². The van der Waals surface area contributed by atoms with Gasteiger partial charge in [-0.3, -0.25) is 9.59 Å². The standard InChI is InChI=1S/C21H26F3N5O4/c1-4-15(30)29-7-5-12(6-8-29)33-14-10-26-19-17(27-14)13(9-25-19)20(32)28-16(11(2)3)18(31)21(22,23)24/h4,9-12,16,18,31H,1,5-8H2,2-3H3,(H,25,26)(H,28,32)/t16-,18?/m0/s1. The van der Waals surface area contributed by atoms with Crippen LogP contribution in [0.5, 0.6) is 5.88 Å². The smallest absolute Gasteiger partial charge is 0.416 e. The number of alkyl halides is 3. The van der Waals surface area contributed by atoms with Crippen molar-refractivity contribution in [1.82, 2.24) is 25.2 Å². The number of nitrogens with one attached hydrogen (secondary N) is 2. The number of rotatable bonds is 7. The molecule has 2 atom stereocenters. The van der Waals surface area contributed by atoms with Gasteiger partial charge in [-0.25, -0.2) is 9.97 Å². The number of halogens is 3. The lowest BCUT2D eigenvalue weighted by atomic mass is 9.97. The van der Waals surface area contributed by atoms with Gasteiger partial charge in [0.2, 0.25) is 11.8 Å². The largest absolute Gasteiger partial charge is 0.473 e. The maximum Gasteiger partial charge on any atom is 0.416 e. The second-order valence-corrected chi connectivity index (χ2v) is 8.18. The molecule has 33 heavy (non-hydrogen) atoms. The Balaban J connectivity index is 1.73. The lowest BCUT2D eigenvalue weighted by Gasteiger charge is -2.31. The fourth-order valence-corrected chi connectivity index (χ4v) is 3.64. The van der Waals surface area contributed by atoms with Gasteiger partial charge in [0.1, 0.15) is 11.6 Å². The van der Waals surface area contributed by atoms with Crippen LogP contribution < -0.4 is 10.1 Å². The molecule has 1 aliphatic heterocycles. The lowest BCUT2D eigenvalue weighted by Crippen LogP contribution is -2.52. The number of aliphatic hydroxyl groups excluding tert-OH is 1. The Labute approximate surface area is 188 Å². The number of aromatic nitrogens is 3. The number of amides is 2. The predicted molar refractivity (Wildman–Crippen MR) is 112 cm³/mol. The van der Waals surface area contributed by atoms with Crippen molar-refractivity contribution in [2.24, 2.45) is 5.92 Å². The number of H-pyrrole nitrogens is 1. The number of aliphatic hydroxyl groups is 1. The number of likely N-dealkylation sites (tertiary alicyclic amines) is 1. The van der Waals surface area contributed by atoms with Crippen LogP contribution in [0, 0.1) is 5.92 Å². The van der Waals surface area contributed by atoms with Gasteiger partial charge >= 0.3 is 6.18 Å². The van der Waals surface area contributed by atoms with Gasteiger partial charge in [-0.15, -0.1) is 0 Å². The van der Waals surface area contributed by atoms with E-state index < -0.39 is 30.1 Å². The number of fused-ring (bicyclic) bond motifs is 1. The normalized spacial score (nSPS) is 17.1. The number of carbonyl (C=O) groups is 2. The molecule has 9 nitrogen and oxygen atoms in total. The zero-order chi connectivity index (χ0) is 24.3. The average molecular weight is 469 g/mol. The highest BCUT2D eigenvalue weighted by Gasteiger charge is 2.45. The minimum Gasteiger partial charge on any atom is -0.473 e. The zero-order valence-electron chi connectivity index (χ0n) is 18.2. The van der Waals surface area contributed by atoms with E-state index in [-0.39, 0.29) is 34.6 Å². The molecule has 2 aromatic rings. The third kappa shape index (κ3) is 5.62. The van der Waals surface area contributed by atoms with E-state index in [1.165, 1.54) is 32.3 Å². The molecule has 12 heteroatoms. The summed E-state index contributed by atoms with van der Waals surface area (Å²) >= 11 is 0. The maximum atomic E-state index is 13.0. The van der Waals surface area contributed by atoms with Crippen LogP contribution >= 0.6 is 0 Å². The monoisotopic (exact) mass is 469 g/mol. The number of aromatic amines is 1. The molecular formula is C21H26F3N5O4. The maximum absolute atomic E-state index is 13.0. The van der Waals surface area contributed by atoms with Gasteiger partial charge in [-0.05, 0) is 12.0 Å². The highest BCUT2D eigenvalue weighted by Crippen LogP contribution is 2.26. The molecule has 1 saturated heterocycles. The van der Waals surface area contributed by atoms with Crippen molar-refractivity contribution in [3.05, 3.63) is 30.6 Å². The van der Waals surface area contributed by atoms with E-state index in [4.69, 9.17) is 4.74 Å². The Morgan fingerprint density at radius 2 is 2.03 bits per heavy atom. The van der Waals surface area contributed by atoms with E-state index in [9.17, 15) is 27.9 Å². The summed E-state index contributed by atoms with van der Waals surface area (Å²) in [6.45, 7) is 7.41. The van der Waals surface area contributed by atoms with Crippen LogP contribution in [-0.4, -0.2) is 74.3 Å². The molecule has 0 bridgehead atoms. The van der Waals surface area contributed by atoms with Crippen LogP contribution in [0.2, 0.25) is 0 Å². The Morgan fingerprint density at radius 1 is 1.36 bits per heavy atom. The Bertz CT molecular complexity index is 1010. The third-order valence-electron chi connectivity index (χ3n) is 5.51. The molecular weight excluding hydrogens is 443 g/mol. The summed E-state index contributed by atoms with van der Waals surface area (Å²) < 4.78 is 44.8. The molecule has 0 aliphatic carbocycles. The molecule has 3 rings (SSSR count). The van der Waals surface area contributed by atoms with Crippen LogP contribution in [-0.2, 0) is 4.79 Å². The van der Waals surface area contributed by atoms with Gasteiger partial charge < -0.3 is 25.0 Å². The average Bonchev–Trinajstić information content (AvgIpc) is 3.19. The van der Waals surface area contributed by atoms with Crippen molar-refractivity contribution in [1.29, 1.82) is 0 Å². The summed E-state index contributed by atoms with van der Waals surface area (Å²) in [4.78, 5) is 37.3. The molecule has 1 aliphatic rings. The second kappa shape index (κ2) is 9.77. The first-order valence-corrected chi connectivity index (χ1v) is 10.5. The van der Waals surface area contributed by atoms with E-state index in [0.29, 0.717) is 25.9 Å². The predicted octanol–water partition coefficient (Wildman–Crippen LogP) is 2.19. The first-order chi connectivity index (χ1) is 15.5. The summed E-state index contributed by atoms with van der Waals surface area (Å²) in [6.07, 6.45) is -2.72. The number of nitrogens with zero attached hydrogens (tertiary/aromatic N) is 3. The summed E-state index contributed by atoms with van der Waals surface area (Å²) in [7, 11) is 0. The van der Waals surface area contributed by atoms with Crippen molar-refractivity contribution in [3.8, 4) is 5.88 Å². The first kappa shape index (κ1) is 24.5. The highest BCUT2D eigenvalue weighted by atomic mass is 19.4. The fraction of sp³-hybridized carbons (Fsp3) is 0.524. The molecule has 1 fully saturated rings. The van der Waals surface area contributed by atoms with Gasteiger partial charge in [0.25, 0.3) is 5.91 Å². The third-order valence-corrected chi connectivity index (χ3v) is 5.51. The van der Waals surface area contributed by atoms with Crippen molar-refractivity contribution in [3.63, 3.8) is 0 Å². The highest BCUT2D eigenvalue weighted by molar-refractivity contribution is 6.04. The van der Waals surface area contributed by atoms with Crippen LogP contribution in [0.3, 0.4) is 0 Å². The molecule has 0 spiro atoms. The lowest BCUT2D eigenvalue weighted by molar-refractivity contribution is -0.214. The molecule has 180 valence electrons. The minimum atomic E-state index is -4.88. The van der Waals surface area contributed by atoms with E-state index in [2.05, 4.69) is 26.8 Å². The quantitative estimate of drug-likeness (QED) is 0.535. The molecule has 3 N–H and O–H groups in total. The molecule has 2 aromatic heterocycles. The van der Waals surface area contributed by atoms with E-state index in [1.807, 2.05) is 0 Å².